The highest BCUT2D eigenvalue weighted by atomic mass is 16.2. The number of ketones is 1. The van der Waals surface area contributed by atoms with E-state index in [-0.39, 0.29) is 5.56 Å². The number of fused-ring (bicyclic) bond motifs is 1. The highest BCUT2D eigenvalue weighted by Crippen LogP contribution is 2.33. The van der Waals surface area contributed by atoms with Crippen molar-refractivity contribution in [3.8, 4) is 0 Å². The van der Waals surface area contributed by atoms with Gasteiger partial charge in [0.2, 0.25) is 11.3 Å². The SMILES string of the molecule is O=CC(=O)C1c2ccccc2CN1CCc1cc[nH]c(=O)c1. The molecule has 1 aromatic heterocycles. The second-order valence-electron chi connectivity index (χ2n) is 5.40. The zero-order valence-electron chi connectivity index (χ0n) is 12.0. The van der Waals surface area contributed by atoms with Gasteiger partial charge in [0.05, 0.1) is 0 Å². The lowest BCUT2D eigenvalue weighted by Crippen LogP contribution is -2.31. The van der Waals surface area contributed by atoms with E-state index in [0.717, 1.165) is 16.7 Å². The molecule has 2 heterocycles. The summed E-state index contributed by atoms with van der Waals surface area (Å²) in [6.45, 7) is 1.26. The Hall–Kier alpha value is -2.53. The number of carbonyl (C=O) groups excluding carboxylic acids is 2. The van der Waals surface area contributed by atoms with Crippen molar-refractivity contribution in [1.29, 1.82) is 0 Å². The number of hydrogen-bond donors (Lipinski definition) is 1. The number of carbonyl (C=O) groups is 2. The molecular weight excluding hydrogens is 280 g/mol. The second-order valence-corrected chi connectivity index (χ2v) is 5.40. The van der Waals surface area contributed by atoms with Gasteiger partial charge in [-0.2, -0.15) is 0 Å². The van der Waals surface area contributed by atoms with E-state index in [0.29, 0.717) is 25.8 Å². The minimum atomic E-state index is -0.504. The lowest BCUT2D eigenvalue weighted by molar-refractivity contribution is -0.133. The molecule has 0 radical (unpaired) electrons. The smallest absolute Gasteiger partial charge is 0.248 e. The Labute approximate surface area is 127 Å². The van der Waals surface area contributed by atoms with Gasteiger partial charge in [0.1, 0.15) is 6.04 Å². The van der Waals surface area contributed by atoms with Crippen molar-refractivity contribution < 1.29 is 9.59 Å². The predicted octanol–water partition coefficient (Wildman–Crippen LogP) is 1.24. The summed E-state index contributed by atoms with van der Waals surface area (Å²) >= 11 is 0. The van der Waals surface area contributed by atoms with E-state index >= 15 is 0 Å². The van der Waals surface area contributed by atoms with Crippen molar-refractivity contribution in [3.63, 3.8) is 0 Å². The molecule has 1 unspecified atom stereocenters. The molecule has 1 aliphatic rings. The molecule has 112 valence electrons. The Morgan fingerprint density at radius 2 is 2.14 bits per heavy atom. The van der Waals surface area contributed by atoms with Crippen LogP contribution in [0, 0.1) is 0 Å². The molecule has 1 aliphatic heterocycles. The first-order valence-corrected chi connectivity index (χ1v) is 7.17. The van der Waals surface area contributed by atoms with E-state index in [1.54, 1.807) is 12.3 Å². The Kier molecular flexibility index (Phi) is 3.98. The summed E-state index contributed by atoms with van der Waals surface area (Å²) in [6, 6.07) is 10.6. The molecule has 2 aromatic rings. The van der Waals surface area contributed by atoms with Crippen LogP contribution in [0.5, 0.6) is 0 Å². The number of benzene rings is 1. The molecule has 0 saturated carbocycles. The van der Waals surface area contributed by atoms with Crippen LogP contribution in [0.1, 0.15) is 22.7 Å². The minimum Gasteiger partial charge on any atom is -0.329 e. The molecule has 5 heteroatoms. The fourth-order valence-corrected chi connectivity index (χ4v) is 2.97. The van der Waals surface area contributed by atoms with Crippen molar-refractivity contribution in [2.45, 2.75) is 19.0 Å². The van der Waals surface area contributed by atoms with E-state index in [1.807, 2.05) is 35.2 Å². The van der Waals surface area contributed by atoms with Gasteiger partial charge in [0.15, 0.2) is 6.29 Å². The van der Waals surface area contributed by atoms with Crippen molar-refractivity contribution in [3.05, 3.63) is 69.6 Å². The Morgan fingerprint density at radius 1 is 1.32 bits per heavy atom. The molecule has 0 fully saturated rings. The summed E-state index contributed by atoms with van der Waals surface area (Å²) in [5.74, 6) is -0.421. The molecule has 3 rings (SSSR count). The van der Waals surface area contributed by atoms with Gasteiger partial charge in [0, 0.05) is 25.4 Å². The summed E-state index contributed by atoms with van der Waals surface area (Å²) in [4.78, 5) is 38.8. The van der Waals surface area contributed by atoms with Crippen LogP contribution in [0.15, 0.2) is 47.4 Å². The Bertz CT molecular complexity index is 766. The monoisotopic (exact) mass is 296 g/mol. The van der Waals surface area contributed by atoms with Crippen LogP contribution in [0.3, 0.4) is 0 Å². The standard InChI is InChI=1S/C17H16N2O3/c20-11-15(21)17-14-4-2-1-3-13(14)10-19(17)8-6-12-5-7-18-16(22)9-12/h1-5,7,9,11,17H,6,8,10H2,(H,18,22). The molecular formula is C17H16N2O3. The third-order valence-electron chi connectivity index (χ3n) is 4.00. The van der Waals surface area contributed by atoms with E-state index in [1.165, 1.54) is 0 Å². The summed E-state index contributed by atoms with van der Waals surface area (Å²) < 4.78 is 0. The Balaban J connectivity index is 1.80. The zero-order chi connectivity index (χ0) is 15.5. The third-order valence-corrected chi connectivity index (χ3v) is 4.00. The fraction of sp³-hybridized carbons (Fsp3) is 0.235. The summed E-state index contributed by atoms with van der Waals surface area (Å²) in [5.41, 5.74) is 2.76. The highest BCUT2D eigenvalue weighted by molar-refractivity contribution is 6.27. The number of pyridine rings is 1. The lowest BCUT2D eigenvalue weighted by Gasteiger charge is -2.22. The van der Waals surface area contributed by atoms with Gasteiger partial charge in [-0.15, -0.1) is 0 Å². The van der Waals surface area contributed by atoms with Crippen molar-refractivity contribution in [1.82, 2.24) is 9.88 Å². The number of nitrogens with zero attached hydrogens (tertiary/aromatic N) is 1. The van der Waals surface area contributed by atoms with E-state index in [2.05, 4.69) is 4.98 Å². The van der Waals surface area contributed by atoms with Crippen LogP contribution in [-0.4, -0.2) is 28.5 Å². The number of aldehydes is 1. The molecule has 22 heavy (non-hydrogen) atoms. The summed E-state index contributed by atoms with van der Waals surface area (Å²) in [7, 11) is 0. The molecule has 1 atom stereocenters. The van der Waals surface area contributed by atoms with Gasteiger partial charge in [-0.25, -0.2) is 0 Å². The summed E-state index contributed by atoms with van der Waals surface area (Å²) in [6.07, 6.45) is 2.66. The summed E-state index contributed by atoms with van der Waals surface area (Å²) in [5, 5.41) is 0. The average molecular weight is 296 g/mol. The van der Waals surface area contributed by atoms with Crippen LogP contribution in [0.2, 0.25) is 0 Å². The van der Waals surface area contributed by atoms with Gasteiger partial charge < -0.3 is 4.98 Å². The maximum atomic E-state index is 12.0. The number of nitrogens with one attached hydrogen (secondary N) is 1. The number of H-pyrrole nitrogens is 1. The molecule has 0 amide bonds. The van der Waals surface area contributed by atoms with Crippen LogP contribution >= 0.6 is 0 Å². The van der Waals surface area contributed by atoms with Crippen molar-refractivity contribution >= 4 is 12.1 Å². The van der Waals surface area contributed by atoms with Gasteiger partial charge in [-0.3, -0.25) is 19.3 Å². The first kappa shape index (κ1) is 14.4. The first-order chi connectivity index (χ1) is 10.7. The quantitative estimate of drug-likeness (QED) is 0.666. The normalized spacial score (nSPS) is 17.2. The zero-order valence-corrected chi connectivity index (χ0v) is 12.0. The van der Waals surface area contributed by atoms with Crippen LogP contribution in [0.4, 0.5) is 0 Å². The van der Waals surface area contributed by atoms with Crippen LogP contribution in [0.25, 0.3) is 0 Å². The van der Waals surface area contributed by atoms with Crippen LogP contribution in [-0.2, 0) is 22.6 Å². The van der Waals surface area contributed by atoms with Crippen LogP contribution < -0.4 is 5.56 Å². The van der Waals surface area contributed by atoms with E-state index in [4.69, 9.17) is 0 Å². The largest absolute Gasteiger partial charge is 0.329 e. The highest BCUT2D eigenvalue weighted by Gasteiger charge is 2.34. The maximum absolute atomic E-state index is 12.0. The average Bonchev–Trinajstić information content (AvgIpc) is 2.90. The first-order valence-electron chi connectivity index (χ1n) is 7.17. The lowest BCUT2D eigenvalue weighted by atomic mass is 10.0. The molecule has 0 bridgehead atoms. The van der Waals surface area contributed by atoms with Gasteiger partial charge in [-0.05, 0) is 29.2 Å². The molecule has 0 spiro atoms. The number of aromatic amines is 1. The Morgan fingerprint density at radius 3 is 2.91 bits per heavy atom. The third kappa shape index (κ3) is 2.76. The number of hydrogen-bond acceptors (Lipinski definition) is 4. The molecule has 0 aliphatic carbocycles. The van der Waals surface area contributed by atoms with E-state index in [9.17, 15) is 14.4 Å². The predicted molar refractivity (Wildman–Crippen MR) is 81.4 cm³/mol. The van der Waals surface area contributed by atoms with E-state index < -0.39 is 11.8 Å². The van der Waals surface area contributed by atoms with Crippen molar-refractivity contribution in [2.75, 3.05) is 6.54 Å². The number of aromatic nitrogens is 1. The number of Topliss-reactive ketones (excluding diaryl/α,β-unsaturated/α-hetero) is 1. The van der Waals surface area contributed by atoms with Gasteiger partial charge >= 0.3 is 0 Å². The number of rotatable bonds is 5. The maximum Gasteiger partial charge on any atom is 0.248 e. The van der Waals surface area contributed by atoms with Gasteiger partial charge in [0.25, 0.3) is 0 Å². The molecule has 0 saturated heterocycles. The molecule has 5 nitrogen and oxygen atoms in total. The fourth-order valence-electron chi connectivity index (χ4n) is 2.97. The van der Waals surface area contributed by atoms with Gasteiger partial charge in [-0.1, -0.05) is 24.3 Å². The topological polar surface area (TPSA) is 70.2 Å². The molecule has 1 N–H and O–H groups in total. The minimum absolute atomic E-state index is 0.136. The second kappa shape index (κ2) is 6.07. The van der Waals surface area contributed by atoms with Crippen molar-refractivity contribution in [2.24, 2.45) is 0 Å². The molecule has 1 aromatic carbocycles.